The van der Waals surface area contributed by atoms with Crippen molar-refractivity contribution in [3.8, 4) is 0 Å². The van der Waals surface area contributed by atoms with E-state index in [9.17, 15) is 9.59 Å². The predicted molar refractivity (Wildman–Crippen MR) is 95.6 cm³/mol. The van der Waals surface area contributed by atoms with E-state index in [4.69, 9.17) is 11.6 Å². The van der Waals surface area contributed by atoms with Gasteiger partial charge in [-0.05, 0) is 43.2 Å². The average molecular weight is 343 g/mol. The van der Waals surface area contributed by atoms with Gasteiger partial charge in [0.25, 0.3) is 5.91 Å². The van der Waals surface area contributed by atoms with Gasteiger partial charge in [-0.3, -0.25) is 9.59 Å². The molecule has 4 nitrogen and oxygen atoms in total. The zero-order valence-electron chi connectivity index (χ0n) is 13.8. The zero-order valence-corrected chi connectivity index (χ0v) is 14.5. The Morgan fingerprint density at radius 3 is 2.46 bits per heavy atom. The summed E-state index contributed by atoms with van der Waals surface area (Å²) in [4.78, 5) is 28.5. The van der Waals surface area contributed by atoms with Crippen molar-refractivity contribution < 1.29 is 9.59 Å². The van der Waals surface area contributed by atoms with Crippen LogP contribution in [0.3, 0.4) is 0 Å². The molecular weight excluding hydrogens is 324 g/mol. The lowest BCUT2D eigenvalue weighted by Gasteiger charge is -2.35. The van der Waals surface area contributed by atoms with Crippen LogP contribution in [0, 0.1) is 13.8 Å². The van der Waals surface area contributed by atoms with Gasteiger partial charge in [0.1, 0.15) is 6.54 Å². The fourth-order valence-corrected chi connectivity index (χ4v) is 3.06. The summed E-state index contributed by atoms with van der Waals surface area (Å²) in [5.41, 5.74) is 3.40. The number of piperazine rings is 1. The van der Waals surface area contributed by atoms with Crippen LogP contribution in [-0.4, -0.2) is 36.3 Å². The molecule has 0 bridgehead atoms. The highest BCUT2D eigenvalue weighted by Crippen LogP contribution is 2.23. The molecule has 0 atom stereocenters. The lowest BCUT2D eigenvalue weighted by Crippen LogP contribution is -2.52. The minimum absolute atomic E-state index is 0.0675. The molecule has 3 rings (SSSR count). The van der Waals surface area contributed by atoms with Crippen molar-refractivity contribution in [1.82, 2.24) is 4.90 Å². The molecule has 0 aliphatic carbocycles. The van der Waals surface area contributed by atoms with E-state index in [1.54, 1.807) is 21.9 Å². The first-order valence-electron chi connectivity index (χ1n) is 7.89. The Hall–Kier alpha value is -2.33. The maximum Gasteiger partial charge on any atom is 0.254 e. The summed E-state index contributed by atoms with van der Waals surface area (Å²) in [7, 11) is 0. The van der Waals surface area contributed by atoms with E-state index in [2.05, 4.69) is 0 Å². The Kier molecular flexibility index (Phi) is 4.58. The number of nitrogens with zero attached hydrogens (tertiary/aromatic N) is 2. The van der Waals surface area contributed by atoms with E-state index in [0.29, 0.717) is 23.7 Å². The van der Waals surface area contributed by atoms with E-state index in [1.807, 2.05) is 44.2 Å². The van der Waals surface area contributed by atoms with Crippen LogP contribution in [0.15, 0.2) is 42.5 Å². The maximum absolute atomic E-state index is 12.6. The molecule has 1 fully saturated rings. The number of amides is 2. The van der Waals surface area contributed by atoms with Gasteiger partial charge in [0.05, 0.1) is 0 Å². The van der Waals surface area contributed by atoms with Gasteiger partial charge >= 0.3 is 0 Å². The van der Waals surface area contributed by atoms with Crippen LogP contribution in [0.2, 0.25) is 5.02 Å². The summed E-state index contributed by atoms with van der Waals surface area (Å²) in [6.07, 6.45) is 0. The summed E-state index contributed by atoms with van der Waals surface area (Å²) < 4.78 is 0. The molecule has 0 spiro atoms. The largest absolute Gasteiger partial charge is 0.328 e. The molecule has 0 N–H and O–H groups in total. The number of hydrogen-bond donors (Lipinski definition) is 0. The highest BCUT2D eigenvalue weighted by molar-refractivity contribution is 6.31. The second kappa shape index (κ2) is 6.65. The first-order chi connectivity index (χ1) is 11.5. The summed E-state index contributed by atoms with van der Waals surface area (Å²) in [6.45, 7) is 4.95. The maximum atomic E-state index is 12.6. The number of carbonyl (C=O) groups is 2. The van der Waals surface area contributed by atoms with E-state index >= 15 is 0 Å². The number of halogens is 1. The Balaban J connectivity index is 1.75. The van der Waals surface area contributed by atoms with E-state index in [0.717, 1.165) is 16.8 Å². The standard InChI is InChI=1S/C19H19ClN2O2/c1-13-7-8-15(11-16(13)20)19(24)21-9-10-22(18(23)12-21)17-6-4-3-5-14(17)2/h3-8,11H,9-10,12H2,1-2H3. The molecule has 124 valence electrons. The third kappa shape index (κ3) is 3.15. The molecular formula is C19H19ClN2O2. The molecule has 2 aromatic rings. The van der Waals surface area contributed by atoms with Crippen LogP contribution < -0.4 is 4.90 Å². The minimum Gasteiger partial charge on any atom is -0.328 e. The van der Waals surface area contributed by atoms with Crippen LogP contribution in [0.25, 0.3) is 0 Å². The molecule has 5 heteroatoms. The van der Waals surface area contributed by atoms with Crippen molar-refractivity contribution in [2.75, 3.05) is 24.5 Å². The Morgan fingerprint density at radius 1 is 1.04 bits per heavy atom. The monoisotopic (exact) mass is 342 g/mol. The number of anilines is 1. The van der Waals surface area contributed by atoms with Gasteiger partial charge in [-0.1, -0.05) is 35.9 Å². The summed E-state index contributed by atoms with van der Waals surface area (Å²) in [6, 6.07) is 13.0. The first-order valence-corrected chi connectivity index (χ1v) is 8.26. The van der Waals surface area contributed by atoms with Gasteiger partial charge in [-0.25, -0.2) is 0 Å². The number of aryl methyl sites for hydroxylation is 2. The number of hydrogen-bond acceptors (Lipinski definition) is 2. The van der Waals surface area contributed by atoms with E-state index in [1.165, 1.54) is 0 Å². The van der Waals surface area contributed by atoms with Crippen LogP contribution in [0.5, 0.6) is 0 Å². The summed E-state index contributed by atoms with van der Waals surface area (Å²) >= 11 is 6.10. The number of rotatable bonds is 2. The Morgan fingerprint density at radius 2 is 1.79 bits per heavy atom. The molecule has 0 aromatic heterocycles. The van der Waals surface area contributed by atoms with Crippen molar-refractivity contribution in [3.05, 3.63) is 64.2 Å². The highest BCUT2D eigenvalue weighted by Gasteiger charge is 2.29. The number of carbonyl (C=O) groups excluding carboxylic acids is 2. The molecule has 1 heterocycles. The lowest BCUT2D eigenvalue weighted by atomic mass is 10.1. The Bertz CT molecular complexity index is 804. The van der Waals surface area contributed by atoms with Crippen LogP contribution in [0.1, 0.15) is 21.5 Å². The molecule has 1 saturated heterocycles. The third-order valence-electron chi connectivity index (χ3n) is 4.33. The van der Waals surface area contributed by atoms with E-state index < -0.39 is 0 Å². The number of benzene rings is 2. The van der Waals surface area contributed by atoms with E-state index in [-0.39, 0.29) is 18.4 Å². The Labute approximate surface area is 146 Å². The minimum atomic E-state index is -0.158. The second-order valence-corrected chi connectivity index (χ2v) is 6.43. The van der Waals surface area contributed by atoms with Gasteiger partial charge in [-0.15, -0.1) is 0 Å². The summed E-state index contributed by atoms with van der Waals surface area (Å²) in [5.74, 6) is -0.225. The van der Waals surface area contributed by atoms with Gasteiger partial charge in [0.15, 0.2) is 0 Å². The van der Waals surface area contributed by atoms with Crippen molar-refractivity contribution in [2.24, 2.45) is 0 Å². The van der Waals surface area contributed by atoms with Gasteiger partial charge in [-0.2, -0.15) is 0 Å². The number of para-hydroxylation sites is 1. The van der Waals surface area contributed by atoms with Gasteiger partial charge in [0, 0.05) is 29.4 Å². The third-order valence-corrected chi connectivity index (χ3v) is 4.74. The van der Waals surface area contributed by atoms with Gasteiger partial charge in [0.2, 0.25) is 5.91 Å². The SMILES string of the molecule is Cc1ccc(C(=O)N2CCN(c3ccccc3C)C(=O)C2)cc1Cl. The zero-order chi connectivity index (χ0) is 17.3. The molecule has 24 heavy (non-hydrogen) atoms. The predicted octanol–water partition coefficient (Wildman–Crippen LogP) is 3.45. The molecule has 2 aromatic carbocycles. The smallest absolute Gasteiger partial charge is 0.254 e. The highest BCUT2D eigenvalue weighted by atomic mass is 35.5. The van der Waals surface area contributed by atoms with Crippen molar-refractivity contribution >= 4 is 29.1 Å². The first kappa shape index (κ1) is 16.5. The molecule has 2 amide bonds. The molecule has 1 aliphatic heterocycles. The fraction of sp³-hybridized carbons (Fsp3) is 0.263. The van der Waals surface area contributed by atoms with Crippen LogP contribution in [0.4, 0.5) is 5.69 Å². The van der Waals surface area contributed by atoms with Crippen LogP contribution >= 0.6 is 11.6 Å². The van der Waals surface area contributed by atoms with Crippen LogP contribution in [-0.2, 0) is 4.79 Å². The fourth-order valence-electron chi connectivity index (χ4n) is 2.88. The van der Waals surface area contributed by atoms with Gasteiger partial charge < -0.3 is 9.80 Å². The lowest BCUT2D eigenvalue weighted by molar-refractivity contribution is -0.120. The quantitative estimate of drug-likeness (QED) is 0.838. The van der Waals surface area contributed by atoms with Crippen molar-refractivity contribution in [1.29, 1.82) is 0 Å². The molecule has 0 unspecified atom stereocenters. The molecule has 1 aliphatic rings. The average Bonchev–Trinajstić information content (AvgIpc) is 2.57. The van der Waals surface area contributed by atoms with Crippen molar-refractivity contribution in [2.45, 2.75) is 13.8 Å². The normalized spacial score (nSPS) is 14.9. The molecule has 0 saturated carbocycles. The summed E-state index contributed by atoms with van der Waals surface area (Å²) in [5, 5.41) is 0.561. The topological polar surface area (TPSA) is 40.6 Å². The molecule has 0 radical (unpaired) electrons. The van der Waals surface area contributed by atoms with Crippen molar-refractivity contribution in [3.63, 3.8) is 0 Å². The second-order valence-electron chi connectivity index (χ2n) is 6.02.